The minimum atomic E-state index is -4.41. The maximum absolute atomic E-state index is 13.1. The van der Waals surface area contributed by atoms with Crippen molar-refractivity contribution in [3.8, 4) is 0 Å². The number of hydrogen-bond acceptors (Lipinski definition) is 5. The van der Waals surface area contributed by atoms with Crippen molar-refractivity contribution in [1.29, 1.82) is 0 Å². The summed E-state index contributed by atoms with van der Waals surface area (Å²) < 4.78 is 39.4. The van der Waals surface area contributed by atoms with Crippen molar-refractivity contribution in [3.63, 3.8) is 0 Å². The average molecular weight is 516 g/mol. The maximum atomic E-state index is 13.1. The molecule has 5 rings (SSSR count). The lowest BCUT2D eigenvalue weighted by Gasteiger charge is -2.19. The number of rotatable bonds is 6. The summed E-state index contributed by atoms with van der Waals surface area (Å²) in [5.41, 5.74) is 3.38. The molecule has 10 heteroatoms. The van der Waals surface area contributed by atoms with Crippen LogP contribution in [0.4, 0.5) is 24.7 Å². The third-order valence-electron chi connectivity index (χ3n) is 6.90. The van der Waals surface area contributed by atoms with E-state index in [1.807, 2.05) is 17.0 Å². The van der Waals surface area contributed by atoms with Crippen molar-refractivity contribution >= 4 is 29.0 Å². The molecule has 1 N–H and O–H groups in total. The van der Waals surface area contributed by atoms with Gasteiger partial charge in [-0.05, 0) is 73.5 Å². The molecule has 6 nitrogen and oxygen atoms in total. The third-order valence-corrected chi connectivity index (χ3v) is 7.07. The van der Waals surface area contributed by atoms with Crippen LogP contribution in [0.15, 0.2) is 42.6 Å². The lowest BCUT2D eigenvalue weighted by atomic mass is 9.99. The molecule has 0 spiro atoms. The van der Waals surface area contributed by atoms with Gasteiger partial charge in [-0.2, -0.15) is 13.2 Å². The number of carbonyl (C=O) groups excluding carboxylic acids is 1. The zero-order chi connectivity index (χ0) is 25.4. The summed E-state index contributed by atoms with van der Waals surface area (Å²) in [4.78, 5) is 27.8. The highest BCUT2D eigenvalue weighted by Gasteiger charge is 2.32. The first kappa shape index (κ1) is 24.5. The fourth-order valence-electron chi connectivity index (χ4n) is 5.04. The molecule has 0 bridgehead atoms. The predicted molar refractivity (Wildman–Crippen MR) is 131 cm³/mol. The van der Waals surface area contributed by atoms with E-state index in [4.69, 9.17) is 11.6 Å². The predicted octanol–water partition coefficient (Wildman–Crippen LogP) is 5.80. The quantitative estimate of drug-likeness (QED) is 0.420. The van der Waals surface area contributed by atoms with Crippen LogP contribution >= 0.6 is 11.6 Å². The number of fused-ring (bicyclic) bond motifs is 2. The van der Waals surface area contributed by atoms with E-state index < -0.39 is 17.8 Å². The smallest absolute Gasteiger partial charge is 0.363 e. The van der Waals surface area contributed by atoms with Crippen molar-refractivity contribution in [1.82, 2.24) is 15.0 Å². The molecule has 1 aliphatic heterocycles. The molecule has 0 fully saturated rings. The van der Waals surface area contributed by atoms with Gasteiger partial charge in [-0.15, -0.1) is 0 Å². The van der Waals surface area contributed by atoms with E-state index in [1.165, 1.54) is 6.07 Å². The lowest BCUT2D eigenvalue weighted by Crippen LogP contribution is -2.29. The number of benzene rings is 1. The first-order valence-electron chi connectivity index (χ1n) is 11.9. The zero-order valence-electron chi connectivity index (χ0n) is 19.6. The van der Waals surface area contributed by atoms with Crippen LogP contribution < -0.4 is 10.2 Å². The number of anilines is 2. The molecular formula is C26H25ClF3N5O. The van der Waals surface area contributed by atoms with Crippen molar-refractivity contribution in [3.05, 3.63) is 76.0 Å². The molecule has 0 saturated heterocycles. The number of aromatic nitrogens is 3. The Kier molecular flexibility index (Phi) is 6.59. The molecule has 0 radical (unpaired) electrons. The Labute approximate surface area is 211 Å². The first-order chi connectivity index (χ1) is 17.2. The van der Waals surface area contributed by atoms with Crippen LogP contribution in [0.5, 0.6) is 0 Å². The van der Waals surface area contributed by atoms with E-state index in [1.54, 1.807) is 19.2 Å². The molecule has 1 aliphatic carbocycles. The van der Waals surface area contributed by atoms with Gasteiger partial charge in [0, 0.05) is 37.2 Å². The molecule has 1 aromatic carbocycles. The van der Waals surface area contributed by atoms with Crippen LogP contribution in [0, 0.1) is 5.92 Å². The molecule has 3 heterocycles. The maximum Gasteiger partial charge on any atom is 0.416 e. The number of amides is 1. The Hall–Kier alpha value is -3.20. The number of pyridine rings is 1. The van der Waals surface area contributed by atoms with Gasteiger partial charge in [-0.1, -0.05) is 12.1 Å². The molecular weight excluding hydrogens is 491 g/mol. The van der Waals surface area contributed by atoms with Crippen LogP contribution in [0.25, 0.3) is 0 Å². The molecule has 3 aromatic rings. The van der Waals surface area contributed by atoms with E-state index in [2.05, 4.69) is 20.3 Å². The summed E-state index contributed by atoms with van der Waals surface area (Å²) in [5, 5.41) is 3.32. The summed E-state index contributed by atoms with van der Waals surface area (Å²) in [7, 11) is 0. The van der Waals surface area contributed by atoms with E-state index >= 15 is 0 Å². The van der Waals surface area contributed by atoms with Crippen LogP contribution in [0.2, 0.25) is 5.28 Å². The van der Waals surface area contributed by atoms with E-state index in [-0.39, 0.29) is 17.1 Å². The Balaban J connectivity index is 1.25. The summed E-state index contributed by atoms with van der Waals surface area (Å²) in [5.74, 6) is 0.818. The second-order valence-corrected chi connectivity index (χ2v) is 9.67. The largest absolute Gasteiger partial charge is 0.416 e. The van der Waals surface area contributed by atoms with Crippen LogP contribution in [0.3, 0.4) is 0 Å². The van der Waals surface area contributed by atoms with Gasteiger partial charge >= 0.3 is 6.18 Å². The van der Waals surface area contributed by atoms with Crippen molar-refractivity contribution in [2.45, 2.75) is 51.2 Å². The number of nitrogens with zero attached hydrogens (tertiary/aromatic N) is 4. The Morgan fingerprint density at radius 1 is 1.19 bits per heavy atom. The molecule has 0 saturated carbocycles. The summed E-state index contributed by atoms with van der Waals surface area (Å²) >= 11 is 6.17. The van der Waals surface area contributed by atoms with Crippen molar-refractivity contribution in [2.24, 2.45) is 5.92 Å². The molecule has 36 heavy (non-hydrogen) atoms. The highest BCUT2D eigenvalue weighted by atomic mass is 35.5. The van der Waals surface area contributed by atoms with Gasteiger partial charge in [-0.25, -0.2) is 9.97 Å². The third kappa shape index (κ3) is 5.02. The number of alkyl halides is 3. The van der Waals surface area contributed by atoms with Crippen molar-refractivity contribution < 1.29 is 18.0 Å². The Bertz CT molecular complexity index is 1300. The molecule has 188 valence electrons. The SMILES string of the molecule is C[C@@H](Nc1nc(Cl)nc2c1C[C@@H](CCC(=O)N1CCc3ncccc31)C2)c1cccc(C(F)(F)F)c1. The monoisotopic (exact) mass is 515 g/mol. The van der Waals surface area contributed by atoms with Crippen LogP contribution in [-0.2, 0) is 30.2 Å². The normalized spacial score (nSPS) is 17.6. The fraction of sp³-hybridized carbons (Fsp3) is 0.385. The van der Waals surface area contributed by atoms with E-state index in [0.29, 0.717) is 43.6 Å². The Morgan fingerprint density at radius 2 is 2.03 bits per heavy atom. The van der Waals surface area contributed by atoms with E-state index in [9.17, 15) is 18.0 Å². The van der Waals surface area contributed by atoms with Gasteiger partial charge in [0.15, 0.2) is 0 Å². The average Bonchev–Trinajstić information content (AvgIpc) is 3.46. The van der Waals surface area contributed by atoms with Crippen LogP contribution in [-0.4, -0.2) is 27.4 Å². The summed E-state index contributed by atoms with van der Waals surface area (Å²) in [6, 6.07) is 8.59. The minimum absolute atomic E-state index is 0.0818. The summed E-state index contributed by atoms with van der Waals surface area (Å²) in [6.07, 6.45) is 0.565. The van der Waals surface area contributed by atoms with Crippen molar-refractivity contribution in [2.75, 3.05) is 16.8 Å². The molecule has 0 unspecified atom stereocenters. The van der Waals surface area contributed by atoms with Gasteiger partial charge in [0.1, 0.15) is 5.82 Å². The van der Waals surface area contributed by atoms with Gasteiger partial charge in [0.25, 0.3) is 0 Å². The zero-order valence-corrected chi connectivity index (χ0v) is 20.4. The second-order valence-electron chi connectivity index (χ2n) is 9.33. The molecule has 2 aromatic heterocycles. The van der Waals surface area contributed by atoms with Gasteiger partial charge in [0.2, 0.25) is 11.2 Å². The molecule has 2 atom stereocenters. The standard InChI is InChI=1S/C26H25ClF3N5O/c1-15(17-4-2-5-18(14-17)26(28,29)30)32-24-19-12-16(13-21(19)33-25(27)34-24)7-8-23(36)35-11-9-20-22(35)6-3-10-31-20/h2-6,10,14-16H,7-9,11-13H2,1H3,(H,32,33,34)/t15-,16-/m1/s1. The topological polar surface area (TPSA) is 71.0 Å². The number of hydrogen-bond donors (Lipinski definition) is 1. The number of carbonyl (C=O) groups is 1. The molecule has 2 aliphatic rings. The second kappa shape index (κ2) is 9.69. The first-order valence-corrected chi connectivity index (χ1v) is 12.3. The number of halogens is 4. The highest BCUT2D eigenvalue weighted by molar-refractivity contribution is 6.28. The fourth-order valence-corrected chi connectivity index (χ4v) is 5.23. The van der Waals surface area contributed by atoms with E-state index in [0.717, 1.165) is 41.2 Å². The Morgan fingerprint density at radius 3 is 2.83 bits per heavy atom. The summed E-state index contributed by atoms with van der Waals surface area (Å²) in [6.45, 7) is 2.43. The van der Waals surface area contributed by atoms with Gasteiger partial charge in [0.05, 0.1) is 22.6 Å². The molecule has 1 amide bonds. The number of nitrogens with one attached hydrogen (secondary N) is 1. The van der Waals surface area contributed by atoms with Gasteiger partial charge < -0.3 is 10.2 Å². The highest BCUT2D eigenvalue weighted by Crippen LogP contribution is 2.36. The minimum Gasteiger partial charge on any atom is -0.363 e. The van der Waals surface area contributed by atoms with Gasteiger partial charge in [-0.3, -0.25) is 9.78 Å². The lowest BCUT2D eigenvalue weighted by molar-refractivity contribution is -0.137. The van der Waals surface area contributed by atoms with Crippen LogP contribution in [0.1, 0.15) is 53.9 Å².